The third kappa shape index (κ3) is 3.78. The molecule has 0 bridgehead atoms. The first-order chi connectivity index (χ1) is 12.5. The Morgan fingerprint density at radius 3 is 2.50 bits per heavy atom. The van der Waals surface area contributed by atoms with Crippen LogP contribution in [0.25, 0.3) is 11.1 Å². The van der Waals surface area contributed by atoms with Gasteiger partial charge in [-0.3, -0.25) is 9.59 Å². The summed E-state index contributed by atoms with van der Waals surface area (Å²) in [6.07, 6.45) is 0. The predicted molar refractivity (Wildman–Crippen MR) is 100 cm³/mol. The number of pyridine rings is 1. The molecule has 7 heteroatoms. The van der Waals surface area contributed by atoms with Crippen molar-refractivity contribution in [2.24, 2.45) is 0 Å². The molecule has 0 aliphatic rings. The Labute approximate surface area is 153 Å². The van der Waals surface area contributed by atoms with Gasteiger partial charge in [-0.25, -0.2) is 9.37 Å². The van der Waals surface area contributed by atoms with Gasteiger partial charge in [-0.2, -0.15) is 0 Å². The summed E-state index contributed by atoms with van der Waals surface area (Å²) in [5.41, 5.74) is 1.95. The molecule has 2 amide bonds. The van der Waals surface area contributed by atoms with Crippen molar-refractivity contribution >= 4 is 29.0 Å². The van der Waals surface area contributed by atoms with E-state index in [0.29, 0.717) is 10.7 Å². The smallest absolute Gasteiger partial charge is 0.269 e. The van der Waals surface area contributed by atoms with E-state index >= 15 is 0 Å². The zero-order chi connectivity index (χ0) is 18.7. The Balaban J connectivity index is 1.82. The Hall–Kier alpha value is -3.06. The number of carbonyl (C=O) groups is 2. The van der Waals surface area contributed by atoms with Gasteiger partial charge in [0.05, 0.1) is 4.88 Å². The third-order valence-corrected chi connectivity index (χ3v) is 4.80. The summed E-state index contributed by atoms with van der Waals surface area (Å²) in [5.74, 6) is -0.646. The zero-order valence-electron chi connectivity index (χ0n) is 14.2. The van der Waals surface area contributed by atoms with E-state index in [1.807, 2.05) is 6.92 Å². The van der Waals surface area contributed by atoms with E-state index in [0.717, 1.165) is 16.0 Å². The number of halogens is 1. The van der Waals surface area contributed by atoms with E-state index in [4.69, 9.17) is 0 Å². The van der Waals surface area contributed by atoms with Gasteiger partial charge in [0.15, 0.2) is 0 Å². The first-order valence-electron chi connectivity index (χ1n) is 7.85. The number of hydrogen-bond acceptors (Lipinski definition) is 4. The molecule has 132 valence electrons. The summed E-state index contributed by atoms with van der Waals surface area (Å²) in [6, 6.07) is 12.7. The average molecular weight is 369 g/mol. The summed E-state index contributed by atoms with van der Waals surface area (Å²) in [5, 5.41) is 5.19. The van der Waals surface area contributed by atoms with Crippen molar-refractivity contribution in [3.05, 3.63) is 69.8 Å². The molecule has 1 aromatic carbocycles. The maximum Gasteiger partial charge on any atom is 0.269 e. The summed E-state index contributed by atoms with van der Waals surface area (Å²) < 4.78 is 13.1. The molecule has 0 spiro atoms. The second kappa shape index (κ2) is 7.45. The Kier molecular flexibility index (Phi) is 5.09. The highest BCUT2D eigenvalue weighted by molar-refractivity contribution is 7.14. The quantitative estimate of drug-likeness (QED) is 0.733. The molecule has 0 saturated carbocycles. The van der Waals surface area contributed by atoms with E-state index < -0.39 is 0 Å². The van der Waals surface area contributed by atoms with Crippen molar-refractivity contribution < 1.29 is 14.0 Å². The molecule has 0 aliphatic heterocycles. The Morgan fingerprint density at radius 2 is 1.81 bits per heavy atom. The predicted octanol–water partition coefficient (Wildman–Crippen LogP) is 3.87. The zero-order valence-corrected chi connectivity index (χ0v) is 15.0. The van der Waals surface area contributed by atoms with E-state index in [-0.39, 0.29) is 23.3 Å². The van der Waals surface area contributed by atoms with Crippen LogP contribution in [0.2, 0.25) is 0 Å². The Bertz CT molecular complexity index is 967. The molecule has 3 rings (SSSR count). The van der Waals surface area contributed by atoms with Gasteiger partial charge in [-0.1, -0.05) is 18.2 Å². The molecule has 3 aromatic rings. The van der Waals surface area contributed by atoms with Crippen LogP contribution in [0.15, 0.2) is 48.5 Å². The number of carbonyl (C=O) groups excluding carboxylic acids is 2. The highest BCUT2D eigenvalue weighted by atomic mass is 32.1. The number of anilines is 1. The van der Waals surface area contributed by atoms with E-state index in [1.165, 1.54) is 30.5 Å². The van der Waals surface area contributed by atoms with Crippen molar-refractivity contribution in [2.75, 3.05) is 12.4 Å². The fraction of sp³-hybridized carbons (Fsp3) is 0.105. The van der Waals surface area contributed by atoms with Crippen LogP contribution in [0.4, 0.5) is 10.2 Å². The lowest BCUT2D eigenvalue weighted by Crippen LogP contribution is -2.20. The molecular formula is C19H16FN3O2S. The Morgan fingerprint density at radius 1 is 1.08 bits per heavy atom. The van der Waals surface area contributed by atoms with E-state index in [9.17, 15) is 14.0 Å². The molecule has 0 radical (unpaired) electrons. The topological polar surface area (TPSA) is 71.1 Å². The minimum Gasteiger partial charge on any atom is -0.354 e. The van der Waals surface area contributed by atoms with Crippen LogP contribution in [0.5, 0.6) is 0 Å². The first kappa shape index (κ1) is 17.8. The van der Waals surface area contributed by atoms with Crippen LogP contribution in [-0.2, 0) is 0 Å². The van der Waals surface area contributed by atoms with Gasteiger partial charge in [-0.15, -0.1) is 11.3 Å². The lowest BCUT2D eigenvalue weighted by Gasteiger charge is -2.04. The second-order valence-electron chi connectivity index (χ2n) is 5.53. The minimum atomic E-state index is -0.327. The first-order valence-corrected chi connectivity index (χ1v) is 8.66. The SMILES string of the molecule is CNC(=O)c1cccc(NC(=O)c2cc(-c3ccc(F)cc3)c(C)s2)n1. The summed E-state index contributed by atoms with van der Waals surface area (Å²) in [6.45, 7) is 1.91. The third-order valence-electron chi connectivity index (χ3n) is 3.75. The number of amides is 2. The lowest BCUT2D eigenvalue weighted by molar-refractivity contribution is 0.0956. The number of nitrogens with one attached hydrogen (secondary N) is 2. The highest BCUT2D eigenvalue weighted by Gasteiger charge is 2.15. The summed E-state index contributed by atoms with van der Waals surface area (Å²) >= 11 is 1.34. The lowest BCUT2D eigenvalue weighted by atomic mass is 10.1. The van der Waals surface area contributed by atoms with Gasteiger partial charge in [0, 0.05) is 11.9 Å². The number of hydrogen-bond donors (Lipinski definition) is 2. The number of thiophene rings is 1. The van der Waals surface area contributed by atoms with Crippen LogP contribution < -0.4 is 10.6 Å². The van der Waals surface area contributed by atoms with E-state index in [2.05, 4.69) is 15.6 Å². The normalized spacial score (nSPS) is 10.4. The van der Waals surface area contributed by atoms with Gasteiger partial charge in [0.25, 0.3) is 11.8 Å². The molecule has 0 unspecified atom stereocenters. The van der Waals surface area contributed by atoms with Crippen molar-refractivity contribution in [1.29, 1.82) is 0 Å². The average Bonchev–Trinajstić information content (AvgIpc) is 3.04. The molecule has 2 N–H and O–H groups in total. The van der Waals surface area contributed by atoms with E-state index in [1.54, 1.807) is 36.4 Å². The molecule has 2 heterocycles. The molecule has 0 saturated heterocycles. The van der Waals surface area contributed by atoms with Crippen LogP contribution in [-0.4, -0.2) is 23.8 Å². The van der Waals surface area contributed by atoms with Gasteiger partial charge >= 0.3 is 0 Å². The fourth-order valence-electron chi connectivity index (χ4n) is 2.45. The summed E-state index contributed by atoms with van der Waals surface area (Å²) in [7, 11) is 1.51. The number of aromatic nitrogens is 1. The molecule has 2 aromatic heterocycles. The maximum atomic E-state index is 13.1. The summed E-state index contributed by atoms with van der Waals surface area (Å²) in [4.78, 5) is 29.7. The minimum absolute atomic E-state index is 0.222. The van der Waals surface area contributed by atoms with Crippen LogP contribution in [0, 0.1) is 12.7 Å². The van der Waals surface area contributed by atoms with Crippen LogP contribution >= 0.6 is 11.3 Å². The number of nitrogens with zero attached hydrogens (tertiary/aromatic N) is 1. The van der Waals surface area contributed by atoms with Crippen molar-refractivity contribution in [3.63, 3.8) is 0 Å². The van der Waals surface area contributed by atoms with Crippen LogP contribution in [0.1, 0.15) is 25.0 Å². The van der Waals surface area contributed by atoms with Gasteiger partial charge in [0.1, 0.15) is 17.3 Å². The second-order valence-corrected chi connectivity index (χ2v) is 6.79. The van der Waals surface area contributed by atoms with Crippen molar-refractivity contribution in [1.82, 2.24) is 10.3 Å². The molecule has 5 nitrogen and oxygen atoms in total. The number of benzene rings is 1. The number of rotatable bonds is 4. The molecular weight excluding hydrogens is 353 g/mol. The number of aryl methyl sites for hydroxylation is 1. The van der Waals surface area contributed by atoms with Crippen LogP contribution in [0.3, 0.4) is 0 Å². The molecule has 0 fully saturated rings. The van der Waals surface area contributed by atoms with Crippen molar-refractivity contribution in [3.8, 4) is 11.1 Å². The van der Waals surface area contributed by atoms with Gasteiger partial charge in [-0.05, 0) is 48.4 Å². The highest BCUT2D eigenvalue weighted by Crippen LogP contribution is 2.31. The standard InChI is InChI=1S/C19H16FN3O2S/c1-11-14(12-6-8-13(20)9-7-12)10-16(26-11)19(25)23-17-5-3-4-15(22-17)18(24)21-2/h3-10H,1-2H3,(H,21,24)(H,22,23,25). The molecule has 26 heavy (non-hydrogen) atoms. The van der Waals surface area contributed by atoms with Crippen molar-refractivity contribution in [2.45, 2.75) is 6.92 Å². The largest absolute Gasteiger partial charge is 0.354 e. The van der Waals surface area contributed by atoms with Gasteiger partial charge in [0.2, 0.25) is 0 Å². The monoisotopic (exact) mass is 369 g/mol. The fourth-order valence-corrected chi connectivity index (χ4v) is 3.38. The maximum absolute atomic E-state index is 13.1. The van der Waals surface area contributed by atoms with Gasteiger partial charge < -0.3 is 10.6 Å². The molecule has 0 atom stereocenters. The molecule has 0 aliphatic carbocycles.